The number of aryl methyl sites for hydroxylation is 1. The Balaban J connectivity index is 1.69. The lowest BCUT2D eigenvalue weighted by Gasteiger charge is -2.14. The number of benzene rings is 1. The molecule has 0 spiro atoms. The van der Waals surface area contributed by atoms with Crippen LogP contribution >= 0.6 is 0 Å². The van der Waals surface area contributed by atoms with Crippen molar-refractivity contribution in [3.63, 3.8) is 0 Å². The Hall–Kier alpha value is -1.32. The van der Waals surface area contributed by atoms with Gasteiger partial charge in [-0.3, -0.25) is 0 Å². The van der Waals surface area contributed by atoms with Crippen LogP contribution in [0.4, 0.5) is 0 Å². The molecule has 3 rings (SSSR count). The minimum absolute atomic E-state index is 0.625. The molecule has 3 heteroatoms. The number of hydrogen-bond donors (Lipinski definition) is 1. The number of hydrogen-bond acceptors (Lipinski definition) is 2. The highest BCUT2D eigenvalue weighted by Gasteiger charge is 2.11. The number of rotatable bonds is 5. The van der Waals surface area contributed by atoms with Gasteiger partial charge in [0.2, 0.25) is 0 Å². The Morgan fingerprint density at radius 1 is 1.05 bits per heavy atom. The third kappa shape index (κ3) is 2.67. The van der Waals surface area contributed by atoms with Crippen molar-refractivity contribution in [2.75, 3.05) is 19.6 Å². The fourth-order valence-electron chi connectivity index (χ4n) is 3.14. The molecular weight excluding hydrogens is 234 g/mol. The van der Waals surface area contributed by atoms with Crippen molar-refractivity contribution in [3.8, 4) is 0 Å². The highest BCUT2D eigenvalue weighted by molar-refractivity contribution is 5.83. The first kappa shape index (κ1) is 12.7. The zero-order valence-corrected chi connectivity index (χ0v) is 11.5. The quantitative estimate of drug-likeness (QED) is 0.893. The van der Waals surface area contributed by atoms with Crippen molar-refractivity contribution in [3.05, 3.63) is 36.0 Å². The summed E-state index contributed by atoms with van der Waals surface area (Å²) in [6, 6.07) is 8.58. The zero-order valence-electron chi connectivity index (χ0n) is 11.5. The molecule has 1 saturated heterocycles. The molecule has 0 amide bonds. The van der Waals surface area contributed by atoms with Gasteiger partial charge in [-0.05, 0) is 50.5 Å². The minimum atomic E-state index is 0.625. The molecule has 0 radical (unpaired) electrons. The SMILES string of the molecule is NCc1cn(CCCN2CCCC2)c2ccccc12. The van der Waals surface area contributed by atoms with Crippen LogP contribution < -0.4 is 5.73 Å². The summed E-state index contributed by atoms with van der Waals surface area (Å²) in [6.07, 6.45) is 6.21. The molecule has 0 saturated carbocycles. The van der Waals surface area contributed by atoms with Crippen molar-refractivity contribution < 1.29 is 0 Å². The molecule has 1 aliphatic heterocycles. The second-order valence-corrected chi connectivity index (χ2v) is 5.47. The fraction of sp³-hybridized carbons (Fsp3) is 0.500. The van der Waals surface area contributed by atoms with Crippen LogP contribution in [-0.2, 0) is 13.1 Å². The van der Waals surface area contributed by atoms with Gasteiger partial charge >= 0.3 is 0 Å². The van der Waals surface area contributed by atoms with E-state index in [0.29, 0.717) is 6.54 Å². The van der Waals surface area contributed by atoms with Gasteiger partial charge in [0.25, 0.3) is 0 Å². The summed E-state index contributed by atoms with van der Waals surface area (Å²) in [5.41, 5.74) is 8.42. The van der Waals surface area contributed by atoms with Gasteiger partial charge in [0.1, 0.15) is 0 Å². The predicted octanol–water partition coefficient (Wildman–Crippen LogP) is 2.59. The molecule has 2 N–H and O–H groups in total. The number of nitrogens with zero attached hydrogens (tertiary/aromatic N) is 2. The lowest BCUT2D eigenvalue weighted by atomic mass is 10.2. The largest absolute Gasteiger partial charge is 0.347 e. The molecule has 2 heterocycles. The van der Waals surface area contributed by atoms with Crippen LogP contribution in [-0.4, -0.2) is 29.1 Å². The summed E-state index contributed by atoms with van der Waals surface area (Å²) in [6.45, 7) is 5.53. The van der Waals surface area contributed by atoms with Gasteiger partial charge in [0.15, 0.2) is 0 Å². The molecule has 19 heavy (non-hydrogen) atoms. The second kappa shape index (κ2) is 5.76. The van der Waals surface area contributed by atoms with Crippen LogP contribution in [0.25, 0.3) is 10.9 Å². The normalized spacial score (nSPS) is 16.5. The molecule has 0 aliphatic carbocycles. The highest BCUT2D eigenvalue weighted by Crippen LogP contribution is 2.21. The first-order valence-electron chi connectivity index (χ1n) is 7.37. The lowest BCUT2D eigenvalue weighted by molar-refractivity contribution is 0.326. The van der Waals surface area contributed by atoms with Gasteiger partial charge in [0, 0.05) is 30.2 Å². The van der Waals surface area contributed by atoms with Crippen LogP contribution in [0, 0.1) is 0 Å². The molecule has 2 aromatic rings. The van der Waals surface area contributed by atoms with Gasteiger partial charge in [-0.1, -0.05) is 18.2 Å². The summed E-state index contributed by atoms with van der Waals surface area (Å²) in [5.74, 6) is 0. The number of fused-ring (bicyclic) bond motifs is 1. The van der Waals surface area contributed by atoms with E-state index in [1.165, 1.54) is 55.4 Å². The van der Waals surface area contributed by atoms with Gasteiger partial charge in [0.05, 0.1) is 0 Å². The fourth-order valence-corrected chi connectivity index (χ4v) is 3.14. The average Bonchev–Trinajstić information content (AvgIpc) is 3.07. The predicted molar refractivity (Wildman–Crippen MR) is 80.1 cm³/mol. The Labute approximate surface area is 115 Å². The third-order valence-electron chi connectivity index (χ3n) is 4.16. The Kier molecular flexibility index (Phi) is 3.85. The molecule has 0 unspecified atom stereocenters. The van der Waals surface area contributed by atoms with Crippen molar-refractivity contribution in [2.24, 2.45) is 5.73 Å². The molecule has 3 nitrogen and oxygen atoms in total. The van der Waals surface area contributed by atoms with E-state index in [2.05, 4.69) is 39.9 Å². The maximum Gasteiger partial charge on any atom is 0.0483 e. The third-order valence-corrected chi connectivity index (χ3v) is 4.16. The van der Waals surface area contributed by atoms with Crippen LogP contribution in [0.1, 0.15) is 24.8 Å². The maximum atomic E-state index is 5.84. The first-order chi connectivity index (χ1) is 9.38. The summed E-state index contributed by atoms with van der Waals surface area (Å²) < 4.78 is 2.37. The van der Waals surface area contributed by atoms with Crippen LogP contribution in [0.15, 0.2) is 30.5 Å². The van der Waals surface area contributed by atoms with E-state index in [9.17, 15) is 0 Å². The van der Waals surface area contributed by atoms with Gasteiger partial charge in [-0.25, -0.2) is 0 Å². The molecule has 1 fully saturated rings. The topological polar surface area (TPSA) is 34.2 Å². The van der Waals surface area contributed by atoms with Crippen molar-refractivity contribution >= 4 is 10.9 Å². The second-order valence-electron chi connectivity index (χ2n) is 5.47. The van der Waals surface area contributed by atoms with Crippen molar-refractivity contribution in [2.45, 2.75) is 32.4 Å². The Morgan fingerprint density at radius 3 is 2.63 bits per heavy atom. The lowest BCUT2D eigenvalue weighted by Crippen LogP contribution is -2.21. The molecule has 1 aliphatic rings. The monoisotopic (exact) mass is 257 g/mol. The van der Waals surface area contributed by atoms with E-state index in [-0.39, 0.29) is 0 Å². The van der Waals surface area contributed by atoms with E-state index >= 15 is 0 Å². The van der Waals surface area contributed by atoms with E-state index in [4.69, 9.17) is 5.73 Å². The summed E-state index contributed by atoms with van der Waals surface area (Å²) in [4.78, 5) is 2.58. The van der Waals surface area contributed by atoms with E-state index in [1.807, 2.05) is 0 Å². The standard InChI is InChI=1S/C16H23N3/c17-12-14-13-19(16-7-2-1-6-15(14)16)11-5-10-18-8-3-4-9-18/h1-2,6-7,13H,3-5,8-12,17H2. The van der Waals surface area contributed by atoms with Crippen LogP contribution in [0.3, 0.4) is 0 Å². The number of aromatic nitrogens is 1. The highest BCUT2D eigenvalue weighted by atomic mass is 15.1. The molecule has 1 aromatic carbocycles. The average molecular weight is 257 g/mol. The summed E-state index contributed by atoms with van der Waals surface area (Å²) >= 11 is 0. The molecule has 102 valence electrons. The number of para-hydroxylation sites is 1. The van der Waals surface area contributed by atoms with E-state index < -0.39 is 0 Å². The summed E-state index contributed by atoms with van der Waals surface area (Å²) in [5, 5.41) is 1.31. The number of likely N-dealkylation sites (tertiary alicyclic amines) is 1. The smallest absolute Gasteiger partial charge is 0.0483 e. The zero-order chi connectivity index (χ0) is 13.1. The van der Waals surface area contributed by atoms with E-state index in [0.717, 1.165) is 6.54 Å². The van der Waals surface area contributed by atoms with Gasteiger partial charge in [-0.2, -0.15) is 0 Å². The minimum Gasteiger partial charge on any atom is -0.347 e. The Morgan fingerprint density at radius 2 is 1.84 bits per heavy atom. The van der Waals surface area contributed by atoms with Crippen molar-refractivity contribution in [1.29, 1.82) is 0 Å². The first-order valence-corrected chi connectivity index (χ1v) is 7.37. The molecular formula is C16H23N3. The molecule has 1 aromatic heterocycles. The maximum absolute atomic E-state index is 5.84. The Bertz CT molecular complexity index is 538. The molecule has 0 atom stereocenters. The van der Waals surface area contributed by atoms with Gasteiger partial charge in [-0.15, -0.1) is 0 Å². The van der Waals surface area contributed by atoms with Crippen molar-refractivity contribution in [1.82, 2.24) is 9.47 Å². The summed E-state index contributed by atoms with van der Waals surface area (Å²) in [7, 11) is 0. The van der Waals surface area contributed by atoms with Crippen LogP contribution in [0.2, 0.25) is 0 Å². The van der Waals surface area contributed by atoms with E-state index in [1.54, 1.807) is 0 Å². The van der Waals surface area contributed by atoms with Crippen LogP contribution in [0.5, 0.6) is 0 Å². The molecule has 0 bridgehead atoms. The number of nitrogens with two attached hydrogens (primary N) is 1. The van der Waals surface area contributed by atoms with Gasteiger partial charge < -0.3 is 15.2 Å².